The van der Waals surface area contributed by atoms with E-state index < -0.39 is 0 Å². The molecular weight excluding hydrogens is 232 g/mol. The van der Waals surface area contributed by atoms with Crippen LogP contribution in [0.5, 0.6) is 0 Å². The second-order valence-electron chi connectivity index (χ2n) is 5.60. The van der Waals surface area contributed by atoms with Crippen molar-refractivity contribution in [2.24, 2.45) is 0 Å². The van der Waals surface area contributed by atoms with Gasteiger partial charge in [0.1, 0.15) is 0 Å². The van der Waals surface area contributed by atoms with Crippen LogP contribution < -0.4 is 5.32 Å². The SMILES string of the molecule is CCCCCCCNCc1ccccc1CN(C)C. The molecule has 108 valence electrons. The molecule has 1 aromatic rings. The maximum Gasteiger partial charge on any atom is 0.0230 e. The molecule has 19 heavy (non-hydrogen) atoms. The maximum atomic E-state index is 3.57. The zero-order chi connectivity index (χ0) is 13.9. The van der Waals surface area contributed by atoms with E-state index in [0.717, 1.165) is 19.6 Å². The molecule has 0 amide bonds. The topological polar surface area (TPSA) is 15.3 Å². The Morgan fingerprint density at radius 1 is 0.947 bits per heavy atom. The van der Waals surface area contributed by atoms with Crippen LogP contribution in [0.25, 0.3) is 0 Å². The molecule has 0 spiro atoms. The van der Waals surface area contributed by atoms with Crippen LogP contribution in [-0.4, -0.2) is 25.5 Å². The van der Waals surface area contributed by atoms with Crippen LogP contribution in [0.4, 0.5) is 0 Å². The van der Waals surface area contributed by atoms with Gasteiger partial charge in [-0.3, -0.25) is 0 Å². The van der Waals surface area contributed by atoms with Crippen LogP contribution >= 0.6 is 0 Å². The molecule has 1 rings (SSSR count). The lowest BCUT2D eigenvalue weighted by atomic mass is 10.1. The zero-order valence-corrected chi connectivity index (χ0v) is 12.9. The van der Waals surface area contributed by atoms with Crippen molar-refractivity contribution in [1.29, 1.82) is 0 Å². The highest BCUT2D eigenvalue weighted by Gasteiger charge is 2.02. The van der Waals surface area contributed by atoms with Gasteiger partial charge >= 0.3 is 0 Å². The van der Waals surface area contributed by atoms with Crippen molar-refractivity contribution in [3.8, 4) is 0 Å². The average Bonchev–Trinajstić information content (AvgIpc) is 2.39. The van der Waals surface area contributed by atoms with Crippen molar-refractivity contribution in [3.63, 3.8) is 0 Å². The Morgan fingerprint density at radius 3 is 2.32 bits per heavy atom. The molecule has 1 N–H and O–H groups in total. The van der Waals surface area contributed by atoms with Gasteiger partial charge in [0.05, 0.1) is 0 Å². The van der Waals surface area contributed by atoms with Crippen molar-refractivity contribution >= 4 is 0 Å². The number of unbranched alkanes of at least 4 members (excludes halogenated alkanes) is 4. The standard InChI is InChI=1S/C17H30N2/c1-4-5-6-7-10-13-18-14-16-11-8-9-12-17(16)15-19(2)3/h8-9,11-12,18H,4-7,10,13-15H2,1-3H3. The minimum Gasteiger partial charge on any atom is -0.313 e. The van der Waals surface area contributed by atoms with E-state index in [2.05, 4.69) is 55.5 Å². The smallest absolute Gasteiger partial charge is 0.0230 e. The first-order valence-electron chi connectivity index (χ1n) is 7.66. The van der Waals surface area contributed by atoms with E-state index in [1.165, 1.54) is 43.2 Å². The van der Waals surface area contributed by atoms with Crippen LogP contribution in [-0.2, 0) is 13.1 Å². The molecule has 2 nitrogen and oxygen atoms in total. The lowest BCUT2D eigenvalue weighted by Gasteiger charge is -2.14. The predicted octanol–water partition coefficient (Wildman–Crippen LogP) is 3.81. The number of hydrogen-bond donors (Lipinski definition) is 1. The van der Waals surface area contributed by atoms with E-state index in [0.29, 0.717) is 0 Å². The maximum absolute atomic E-state index is 3.57. The second kappa shape index (κ2) is 9.99. The summed E-state index contributed by atoms with van der Waals surface area (Å²) in [7, 11) is 4.25. The molecule has 0 atom stereocenters. The minimum atomic E-state index is 0.998. The van der Waals surface area contributed by atoms with Crippen LogP contribution in [0, 0.1) is 0 Å². The van der Waals surface area contributed by atoms with Crippen molar-refractivity contribution in [2.75, 3.05) is 20.6 Å². The minimum absolute atomic E-state index is 0.998. The van der Waals surface area contributed by atoms with E-state index in [1.807, 2.05) is 0 Å². The summed E-state index contributed by atoms with van der Waals surface area (Å²) in [6.45, 7) is 5.42. The Labute approximate surface area is 119 Å². The van der Waals surface area contributed by atoms with Crippen molar-refractivity contribution in [2.45, 2.75) is 52.1 Å². The van der Waals surface area contributed by atoms with Gasteiger partial charge in [0.15, 0.2) is 0 Å². The van der Waals surface area contributed by atoms with E-state index in [-0.39, 0.29) is 0 Å². The lowest BCUT2D eigenvalue weighted by Crippen LogP contribution is -2.18. The summed E-state index contributed by atoms with van der Waals surface area (Å²) in [5, 5.41) is 3.57. The summed E-state index contributed by atoms with van der Waals surface area (Å²) in [6, 6.07) is 8.74. The fourth-order valence-corrected chi connectivity index (χ4v) is 2.30. The van der Waals surface area contributed by atoms with Crippen molar-refractivity contribution < 1.29 is 0 Å². The van der Waals surface area contributed by atoms with Gasteiger partial charge < -0.3 is 10.2 Å². The summed E-state index contributed by atoms with van der Waals surface area (Å²) in [5.41, 5.74) is 2.87. The highest BCUT2D eigenvalue weighted by atomic mass is 15.0. The summed E-state index contributed by atoms with van der Waals surface area (Å²) in [6.07, 6.45) is 6.75. The number of nitrogens with one attached hydrogen (secondary N) is 1. The van der Waals surface area contributed by atoms with Gasteiger partial charge in [-0.1, -0.05) is 56.9 Å². The van der Waals surface area contributed by atoms with E-state index >= 15 is 0 Å². The van der Waals surface area contributed by atoms with Gasteiger partial charge in [0.25, 0.3) is 0 Å². The highest BCUT2D eigenvalue weighted by molar-refractivity contribution is 5.26. The molecule has 0 radical (unpaired) electrons. The Kier molecular flexibility index (Phi) is 8.52. The van der Waals surface area contributed by atoms with Gasteiger partial charge in [-0.2, -0.15) is 0 Å². The van der Waals surface area contributed by atoms with Crippen LogP contribution in [0.1, 0.15) is 50.2 Å². The van der Waals surface area contributed by atoms with Gasteiger partial charge in [-0.15, -0.1) is 0 Å². The molecule has 0 aliphatic rings. The molecule has 1 aromatic carbocycles. The number of nitrogens with zero attached hydrogens (tertiary/aromatic N) is 1. The fourth-order valence-electron chi connectivity index (χ4n) is 2.30. The molecule has 0 fully saturated rings. The quantitative estimate of drug-likeness (QED) is 0.645. The number of benzene rings is 1. The molecule has 0 bridgehead atoms. The average molecular weight is 262 g/mol. The van der Waals surface area contributed by atoms with Gasteiger partial charge in [0, 0.05) is 13.1 Å². The second-order valence-corrected chi connectivity index (χ2v) is 5.60. The molecule has 2 heteroatoms. The van der Waals surface area contributed by atoms with Crippen molar-refractivity contribution in [3.05, 3.63) is 35.4 Å². The third-order valence-electron chi connectivity index (χ3n) is 3.38. The predicted molar refractivity (Wildman–Crippen MR) is 84.3 cm³/mol. The third-order valence-corrected chi connectivity index (χ3v) is 3.38. The Morgan fingerprint density at radius 2 is 1.63 bits per heavy atom. The third kappa shape index (κ3) is 7.34. The first-order chi connectivity index (χ1) is 9.24. The Balaban J connectivity index is 2.25. The normalized spacial score (nSPS) is 11.2. The summed E-state index contributed by atoms with van der Waals surface area (Å²) in [4.78, 5) is 2.23. The van der Waals surface area contributed by atoms with Gasteiger partial charge in [0.2, 0.25) is 0 Å². The fraction of sp³-hybridized carbons (Fsp3) is 0.647. The van der Waals surface area contributed by atoms with Gasteiger partial charge in [-0.05, 0) is 38.2 Å². The molecule has 0 unspecified atom stereocenters. The number of hydrogen-bond acceptors (Lipinski definition) is 2. The van der Waals surface area contributed by atoms with Crippen LogP contribution in [0.3, 0.4) is 0 Å². The molecule has 0 aromatic heterocycles. The largest absolute Gasteiger partial charge is 0.313 e. The monoisotopic (exact) mass is 262 g/mol. The Bertz CT molecular complexity index is 334. The molecule has 0 saturated carbocycles. The zero-order valence-electron chi connectivity index (χ0n) is 12.9. The van der Waals surface area contributed by atoms with Gasteiger partial charge in [-0.25, -0.2) is 0 Å². The molecule has 0 aliphatic heterocycles. The van der Waals surface area contributed by atoms with Crippen LogP contribution in [0.2, 0.25) is 0 Å². The summed E-state index contributed by atoms with van der Waals surface area (Å²) in [5.74, 6) is 0. The molecule has 0 heterocycles. The summed E-state index contributed by atoms with van der Waals surface area (Å²) < 4.78 is 0. The van der Waals surface area contributed by atoms with E-state index in [4.69, 9.17) is 0 Å². The first kappa shape index (κ1) is 16.2. The first-order valence-corrected chi connectivity index (χ1v) is 7.66. The van der Waals surface area contributed by atoms with Crippen molar-refractivity contribution in [1.82, 2.24) is 10.2 Å². The molecular formula is C17H30N2. The molecule has 0 aliphatic carbocycles. The Hall–Kier alpha value is -0.860. The summed E-state index contributed by atoms with van der Waals surface area (Å²) >= 11 is 0. The van der Waals surface area contributed by atoms with E-state index in [9.17, 15) is 0 Å². The lowest BCUT2D eigenvalue weighted by molar-refractivity contribution is 0.400. The molecule has 0 saturated heterocycles. The van der Waals surface area contributed by atoms with E-state index in [1.54, 1.807) is 0 Å². The number of rotatable bonds is 10. The highest BCUT2D eigenvalue weighted by Crippen LogP contribution is 2.10. The van der Waals surface area contributed by atoms with Crippen LogP contribution in [0.15, 0.2) is 24.3 Å².